The predicted octanol–water partition coefficient (Wildman–Crippen LogP) is 1.56. The first-order chi connectivity index (χ1) is 8.75. The molecule has 0 aliphatic carbocycles. The lowest BCUT2D eigenvalue weighted by atomic mass is 10.3. The minimum atomic E-state index is -0.209. The van der Waals surface area contributed by atoms with Crippen molar-refractivity contribution in [3.05, 3.63) is 48.4 Å². The third kappa shape index (κ3) is 3.28. The van der Waals surface area contributed by atoms with Crippen LogP contribution in [-0.2, 0) is 11.3 Å². The predicted molar refractivity (Wildman–Crippen MR) is 66.9 cm³/mol. The molecule has 0 fully saturated rings. The average molecular weight is 246 g/mol. The van der Waals surface area contributed by atoms with Crippen molar-refractivity contribution >= 4 is 11.6 Å². The Morgan fingerprint density at radius 2 is 2.17 bits per heavy atom. The maximum Gasteiger partial charge on any atom is 0.258 e. The van der Waals surface area contributed by atoms with Crippen LogP contribution in [0.25, 0.3) is 0 Å². The van der Waals surface area contributed by atoms with E-state index in [1.54, 1.807) is 42.9 Å². The van der Waals surface area contributed by atoms with Crippen molar-refractivity contribution in [1.82, 2.24) is 5.32 Å². The topological polar surface area (TPSA) is 77.5 Å². The number of amides is 1. The molecule has 0 saturated heterocycles. The number of hydrogen-bond donors (Lipinski definition) is 2. The number of hydrogen-bond acceptors (Lipinski definition) is 4. The largest absolute Gasteiger partial charge is 0.482 e. The van der Waals surface area contributed by atoms with Crippen molar-refractivity contribution in [2.75, 3.05) is 12.3 Å². The number of nitrogens with two attached hydrogens (primary N) is 1. The number of rotatable bonds is 5. The lowest BCUT2D eigenvalue weighted by molar-refractivity contribution is -0.123. The van der Waals surface area contributed by atoms with Gasteiger partial charge in [0.25, 0.3) is 5.91 Å². The third-order valence-corrected chi connectivity index (χ3v) is 2.35. The van der Waals surface area contributed by atoms with Gasteiger partial charge < -0.3 is 20.2 Å². The van der Waals surface area contributed by atoms with Crippen molar-refractivity contribution in [2.24, 2.45) is 0 Å². The van der Waals surface area contributed by atoms with E-state index >= 15 is 0 Å². The van der Waals surface area contributed by atoms with Crippen molar-refractivity contribution in [1.29, 1.82) is 0 Å². The van der Waals surface area contributed by atoms with Gasteiger partial charge in [-0.25, -0.2) is 0 Å². The molecule has 0 atom stereocenters. The van der Waals surface area contributed by atoms with E-state index in [1.165, 1.54) is 0 Å². The number of furan rings is 1. The summed E-state index contributed by atoms with van der Waals surface area (Å²) in [5, 5.41) is 2.71. The fourth-order valence-corrected chi connectivity index (χ4v) is 1.40. The molecule has 94 valence electrons. The normalized spacial score (nSPS) is 10.0. The molecule has 0 aliphatic rings. The molecule has 1 aromatic heterocycles. The smallest absolute Gasteiger partial charge is 0.258 e. The molecule has 1 heterocycles. The Hall–Kier alpha value is -2.43. The number of nitrogens with one attached hydrogen (secondary N) is 1. The van der Waals surface area contributed by atoms with Crippen molar-refractivity contribution in [3.63, 3.8) is 0 Å². The van der Waals surface area contributed by atoms with E-state index in [-0.39, 0.29) is 12.5 Å². The Morgan fingerprint density at radius 3 is 2.89 bits per heavy atom. The number of carbonyl (C=O) groups excluding carboxylic acids is 1. The molecule has 2 rings (SSSR count). The van der Waals surface area contributed by atoms with E-state index in [1.807, 2.05) is 0 Å². The number of para-hydroxylation sites is 2. The molecule has 0 aliphatic heterocycles. The van der Waals surface area contributed by atoms with E-state index in [4.69, 9.17) is 14.9 Å². The van der Waals surface area contributed by atoms with Gasteiger partial charge in [-0.15, -0.1) is 0 Å². The van der Waals surface area contributed by atoms with E-state index in [9.17, 15) is 4.79 Å². The molecular weight excluding hydrogens is 232 g/mol. The Kier molecular flexibility index (Phi) is 3.86. The lowest BCUT2D eigenvalue weighted by Gasteiger charge is -2.08. The highest BCUT2D eigenvalue weighted by Crippen LogP contribution is 2.19. The monoisotopic (exact) mass is 246 g/mol. The Labute approximate surface area is 105 Å². The summed E-state index contributed by atoms with van der Waals surface area (Å²) in [7, 11) is 0. The summed E-state index contributed by atoms with van der Waals surface area (Å²) in [6.45, 7) is 0.356. The Morgan fingerprint density at radius 1 is 1.33 bits per heavy atom. The molecule has 2 aromatic rings. The quantitative estimate of drug-likeness (QED) is 0.785. The van der Waals surface area contributed by atoms with Gasteiger partial charge in [-0.2, -0.15) is 0 Å². The Bertz CT molecular complexity index is 509. The van der Waals surface area contributed by atoms with E-state index < -0.39 is 0 Å². The lowest BCUT2D eigenvalue weighted by Crippen LogP contribution is -2.28. The molecule has 0 spiro atoms. The summed E-state index contributed by atoms with van der Waals surface area (Å²) in [6.07, 6.45) is 3.14. The number of ether oxygens (including phenoxy) is 1. The fourth-order valence-electron chi connectivity index (χ4n) is 1.40. The van der Waals surface area contributed by atoms with Gasteiger partial charge >= 0.3 is 0 Å². The van der Waals surface area contributed by atoms with Gasteiger partial charge in [-0.05, 0) is 18.2 Å². The minimum absolute atomic E-state index is 0.0634. The molecule has 1 amide bonds. The van der Waals surface area contributed by atoms with Gasteiger partial charge in [0.2, 0.25) is 0 Å². The summed E-state index contributed by atoms with van der Waals surface area (Å²) in [5.74, 6) is 0.301. The van der Waals surface area contributed by atoms with Crippen LogP contribution in [-0.4, -0.2) is 12.5 Å². The number of nitrogen functional groups attached to an aromatic ring is 1. The first-order valence-corrected chi connectivity index (χ1v) is 5.51. The molecule has 0 saturated carbocycles. The first-order valence-electron chi connectivity index (χ1n) is 5.51. The van der Waals surface area contributed by atoms with Crippen LogP contribution in [0.4, 0.5) is 5.69 Å². The zero-order valence-corrected chi connectivity index (χ0v) is 9.76. The molecule has 18 heavy (non-hydrogen) atoms. The van der Waals surface area contributed by atoms with Crippen LogP contribution >= 0.6 is 0 Å². The number of benzene rings is 1. The highest BCUT2D eigenvalue weighted by molar-refractivity contribution is 5.77. The van der Waals surface area contributed by atoms with Gasteiger partial charge in [0.05, 0.1) is 18.2 Å². The SMILES string of the molecule is Nc1ccccc1OCC(=O)NCc1ccoc1. The highest BCUT2D eigenvalue weighted by Gasteiger charge is 2.04. The van der Waals surface area contributed by atoms with E-state index in [0.717, 1.165) is 5.56 Å². The van der Waals surface area contributed by atoms with Crippen LogP contribution in [0.5, 0.6) is 5.75 Å². The van der Waals surface area contributed by atoms with Gasteiger partial charge in [0.15, 0.2) is 6.61 Å². The number of anilines is 1. The number of carbonyl (C=O) groups is 1. The molecule has 3 N–H and O–H groups in total. The van der Waals surface area contributed by atoms with Crippen molar-refractivity contribution in [3.8, 4) is 5.75 Å². The fraction of sp³-hybridized carbons (Fsp3) is 0.154. The molecule has 0 bridgehead atoms. The molecule has 5 heteroatoms. The van der Waals surface area contributed by atoms with Gasteiger partial charge in [-0.1, -0.05) is 12.1 Å². The zero-order chi connectivity index (χ0) is 12.8. The second-order valence-corrected chi connectivity index (χ2v) is 3.73. The van der Waals surface area contributed by atoms with Crippen molar-refractivity contribution < 1.29 is 13.9 Å². The maximum absolute atomic E-state index is 11.5. The van der Waals surface area contributed by atoms with Crippen LogP contribution in [0.3, 0.4) is 0 Å². The first kappa shape index (κ1) is 12.0. The van der Waals surface area contributed by atoms with Gasteiger partial charge in [0.1, 0.15) is 5.75 Å². The van der Waals surface area contributed by atoms with Crippen LogP contribution in [0.15, 0.2) is 47.3 Å². The molecule has 0 unspecified atom stereocenters. The van der Waals surface area contributed by atoms with E-state index in [0.29, 0.717) is 18.0 Å². The van der Waals surface area contributed by atoms with Gasteiger partial charge in [0, 0.05) is 12.1 Å². The molecule has 0 radical (unpaired) electrons. The summed E-state index contributed by atoms with van der Waals surface area (Å²) in [5.41, 5.74) is 7.11. The molecule has 5 nitrogen and oxygen atoms in total. The summed E-state index contributed by atoms with van der Waals surface area (Å²) < 4.78 is 10.2. The third-order valence-electron chi connectivity index (χ3n) is 2.35. The maximum atomic E-state index is 11.5. The standard InChI is InChI=1S/C13H14N2O3/c14-11-3-1-2-4-12(11)18-9-13(16)15-7-10-5-6-17-8-10/h1-6,8H,7,9,14H2,(H,15,16). The molecule has 1 aromatic carbocycles. The van der Waals surface area contributed by atoms with Crippen molar-refractivity contribution in [2.45, 2.75) is 6.54 Å². The Balaban J connectivity index is 1.77. The van der Waals surface area contributed by atoms with E-state index in [2.05, 4.69) is 5.32 Å². The van der Waals surface area contributed by atoms with Crippen LogP contribution < -0.4 is 15.8 Å². The van der Waals surface area contributed by atoms with Crippen LogP contribution in [0.2, 0.25) is 0 Å². The summed E-state index contributed by atoms with van der Waals surface area (Å²) >= 11 is 0. The molecular formula is C13H14N2O3. The highest BCUT2D eigenvalue weighted by atomic mass is 16.5. The minimum Gasteiger partial charge on any atom is -0.482 e. The second kappa shape index (κ2) is 5.77. The second-order valence-electron chi connectivity index (χ2n) is 3.73. The zero-order valence-electron chi connectivity index (χ0n) is 9.76. The van der Waals surface area contributed by atoms with Gasteiger partial charge in [-0.3, -0.25) is 4.79 Å². The van der Waals surface area contributed by atoms with Crippen LogP contribution in [0, 0.1) is 0 Å². The average Bonchev–Trinajstić information content (AvgIpc) is 2.88. The summed E-state index contributed by atoms with van der Waals surface area (Å²) in [4.78, 5) is 11.5. The summed E-state index contributed by atoms with van der Waals surface area (Å²) in [6, 6.07) is 8.84. The van der Waals surface area contributed by atoms with Crippen LogP contribution in [0.1, 0.15) is 5.56 Å².